The van der Waals surface area contributed by atoms with Crippen LogP contribution in [0, 0.1) is 17.0 Å². The second-order valence-electron chi connectivity index (χ2n) is 5.24. The van der Waals surface area contributed by atoms with E-state index in [1.807, 2.05) is 6.92 Å². The highest BCUT2D eigenvalue weighted by Gasteiger charge is 2.24. The minimum Gasteiger partial charge on any atom is -0.480 e. The van der Waals surface area contributed by atoms with Crippen LogP contribution in [0.15, 0.2) is 18.2 Å². The minimum absolute atomic E-state index is 0. The molecule has 1 unspecified atom stereocenters. The Labute approximate surface area is 146 Å². The molecule has 0 saturated heterocycles. The van der Waals surface area contributed by atoms with Crippen LogP contribution in [0.3, 0.4) is 0 Å². The van der Waals surface area contributed by atoms with Gasteiger partial charge >= 0.3 is 5.97 Å². The third-order valence-corrected chi connectivity index (χ3v) is 3.54. The van der Waals surface area contributed by atoms with Gasteiger partial charge in [-0.2, -0.15) is 0 Å². The summed E-state index contributed by atoms with van der Waals surface area (Å²) in [6, 6.07) is 3.77. The molecule has 0 heterocycles. The molecule has 1 atom stereocenters. The van der Waals surface area contributed by atoms with Crippen LogP contribution in [0.25, 0.3) is 0 Å². The molecule has 0 saturated carbocycles. The summed E-state index contributed by atoms with van der Waals surface area (Å²) in [4.78, 5) is 35.2. The summed E-state index contributed by atoms with van der Waals surface area (Å²) in [5.41, 5.74) is 0.632. The highest BCUT2D eigenvalue weighted by atomic mass is 35.5. The molecular formula is C15H22ClN3O5. The number of amides is 1. The van der Waals surface area contributed by atoms with Crippen LogP contribution in [-0.2, 0) is 9.59 Å². The van der Waals surface area contributed by atoms with Gasteiger partial charge in [0.1, 0.15) is 0 Å². The predicted octanol–water partition coefficient (Wildman–Crippen LogP) is 2.45. The van der Waals surface area contributed by atoms with Gasteiger partial charge in [-0.3, -0.25) is 24.6 Å². The average Bonchev–Trinajstić information content (AvgIpc) is 2.47. The van der Waals surface area contributed by atoms with Gasteiger partial charge in [0, 0.05) is 6.07 Å². The van der Waals surface area contributed by atoms with E-state index < -0.39 is 22.8 Å². The lowest BCUT2D eigenvalue weighted by molar-refractivity contribution is -0.385. The van der Waals surface area contributed by atoms with Crippen molar-refractivity contribution in [3.8, 4) is 0 Å². The number of nitrogens with one attached hydrogen (secondary N) is 1. The molecule has 1 aromatic carbocycles. The lowest BCUT2D eigenvalue weighted by Crippen LogP contribution is -2.45. The fourth-order valence-corrected chi connectivity index (χ4v) is 2.23. The third-order valence-electron chi connectivity index (χ3n) is 3.54. The number of nitro benzene ring substituents is 1. The van der Waals surface area contributed by atoms with Crippen molar-refractivity contribution in [1.82, 2.24) is 4.90 Å². The van der Waals surface area contributed by atoms with Gasteiger partial charge in [0.25, 0.3) is 5.69 Å². The van der Waals surface area contributed by atoms with Crippen LogP contribution >= 0.6 is 12.4 Å². The highest BCUT2D eigenvalue weighted by molar-refractivity contribution is 5.95. The van der Waals surface area contributed by atoms with Gasteiger partial charge in [-0.05, 0) is 32.9 Å². The molecule has 1 aromatic rings. The van der Waals surface area contributed by atoms with Crippen molar-refractivity contribution in [3.05, 3.63) is 33.9 Å². The number of rotatable bonds is 8. The van der Waals surface area contributed by atoms with E-state index in [0.29, 0.717) is 24.2 Å². The first-order valence-corrected chi connectivity index (χ1v) is 7.28. The van der Waals surface area contributed by atoms with Gasteiger partial charge in [-0.1, -0.05) is 13.0 Å². The summed E-state index contributed by atoms with van der Waals surface area (Å²) in [5.74, 6) is -1.41. The number of carboxylic acids is 1. The summed E-state index contributed by atoms with van der Waals surface area (Å²) in [6.07, 6.45) is 0.709. The van der Waals surface area contributed by atoms with Crippen molar-refractivity contribution in [2.75, 3.05) is 18.4 Å². The third kappa shape index (κ3) is 5.78. The first kappa shape index (κ1) is 21.8. The average molecular weight is 360 g/mol. The molecule has 0 aliphatic heterocycles. The quantitative estimate of drug-likeness (QED) is 0.544. The molecular weight excluding hydrogens is 338 g/mol. The summed E-state index contributed by atoms with van der Waals surface area (Å²) in [6.45, 7) is 5.29. The Morgan fingerprint density at radius 3 is 2.54 bits per heavy atom. The Morgan fingerprint density at radius 1 is 1.42 bits per heavy atom. The Balaban J connectivity index is 0.00000529. The predicted molar refractivity (Wildman–Crippen MR) is 92.7 cm³/mol. The zero-order valence-corrected chi connectivity index (χ0v) is 14.6. The summed E-state index contributed by atoms with van der Waals surface area (Å²) in [7, 11) is 0. The van der Waals surface area contributed by atoms with Crippen molar-refractivity contribution in [3.63, 3.8) is 0 Å². The first-order chi connectivity index (χ1) is 10.8. The smallest absolute Gasteiger partial charge is 0.317 e. The number of carboxylic acid groups (broad SMARTS) is 1. The number of nitrogens with zero attached hydrogens (tertiary/aromatic N) is 2. The van der Waals surface area contributed by atoms with Crippen molar-refractivity contribution >= 4 is 35.7 Å². The zero-order valence-electron chi connectivity index (χ0n) is 13.8. The molecule has 1 rings (SSSR count). The van der Waals surface area contributed by atoms with Crippen LogP contribution < -0.4 is 5.32 Å². The van der Waals surface area contributed by atoms with Crippen LogP contribution in [0.2, 0.25) is 0 Å². The van der Waals surface area contributed by atoms with Crippen LogP contribution in [0.1, 0.15) is 25.8 Å². The topological polar surface area (TPSA) is 113 Å². The van der Waals surface area contributed by atoms with Crippen LogP contribution in [-0.4, -0.2) is 45.9 Å². The van der Waals surface area contributed by atoms with E-state index in [0.717, 1.165) is 0 Å². The maximum absolute atomic E-state index is 12.3. The summed E-state index contributed by atoms with van der Waals surface area (Å²) >= 11 is 0. The number of hydrogen-bond donors (Lipinski definition) is 2. The molecule has 2 N–H and O–H groups in total. The summed E-state index contributed by atoms with van der Waals surface area (Å²) in [5, 5.41) is 22.5. The zero-order chi connectivity index (χ0) is 17.6. The molecule has 0 aliphatic carbocycles. The molecule has 0 aliphatic rings. The maximum atomic E-state index is 12.3. The van der Waals surface area contributed by atoms with Gasteiger partial charge < -0.3 is 10.4 Å². The molecule has 0 spiro atoms. The number of nitro groups is 1. The lowest BCUT2D eigenvalue weighted by atomic mass is 10.1. The highest BCUT2D eigenvalue weighted by Crippen LogP contribution is 2.25. The Bertz CT molecular complexity index is 609. The number of anilines is 1. The molecule has 0 radical (unpaired) electrons. The van der Waals surface area contributed by atoms with Gasteiger partial charge in [0.15, 0.2) is 0 Å². The van der Waals surface area contributed by atoms with Crippen molar-refractivity contribution in [2.24, 2.45) is 0 Å². The SMILES string of the molecule is CCCN(CC(=O)O)C(C)C(=O)Nc1cccc([N+](=O)[O-])c1C.Cl. The molecule has 0 fully saturated rings. The Kier molecular flexibility index (Phi) is 8.94. The second-order valence-corrected chi connectivity index (χ2v) is 5.24. The van der Waals surface area contributed by atoms with Crippen LogP contribution in [0.4, 0.5) is 11.4 Å². The van der Waals surface area contributed by atoms with E-state index >= 15 is 0 Å². The number of aliphatic carboxylic acids is 1. The van der Waals surface area contributed by atoms with E-state index in [-0.39, 0.29) is 24.6 Å². The molecule has 24 heavy (non-hydrogen) atoms. The number of halogens is 1. The molecule has 0 bridgehead atoms. The molecule has 0 aromatic heterocycles. The van der Waals surface area contributed by atoms with E-state index in [4.69, 9.17) is 5.11 Å². The van der Waals surface area contributed by atoms with E-state index in [1.54, 1.807) is 24.8 Å². The van der Waals surface area contributed by atoms with Crippen molar-refractivity contribution < 1.29 is 19.6 Å². The maximum Gasteiger partial charge on any atom is 0.317 e. The van der Waals surface area contributed by atoms with Gasteiger partial charge in [0.2, 0.25) is 5.91 Å². The number of carbonyl (C=O) groups excluding carboxylic acids is 1. The second kappa shape index (κ2) is 9.84. The van der Waals surface area contributed by atoms with Gasteiger partial charge in [-0.25, -0.2) is 0 Å². The Hall–Kier alpha value is -2.19. The van der Waals surface area contributed by atoms with E-state index in [9.17, 15) is 19.7 Å². The normalized spacial score (nSPS) is 11.5. The largest absolute Gasteiger partial charge is 0.480 e. The number of hydrogen-bond acceptors (Lipinski definition) is 5. The van der Waals surface area contributed by atoms with Crippen molar-refractivity contribution in [2.45, 2.75) is 33.2 Å². The number of carbonyl (C=O) groups is 2. The Morgan fingerprint density at radius 2 is 2.04 bits per heavy atom. The number of benzene rings is 1. The molecule has 134 valence electrons. The molecule has 8 nitrogen and oxygen atoms in total. The monoisotopic (exact) mass is 359 g/mol. The van der Waals surface area contributed by atoms with Gasteiger partial charge in [-0.15, -0.1) is 12.4 Å². The first-order valence-electron chi connectivity index (χ1n) is 7.28. The fraction of sp³-hybridized carbons (Fsp3) is 0.467. The summed E-state index contributed by atoms with van der Waals surface area (Å²) < 4.78 is 0. The standard InChI is InChI=1S/C15H21N3O5.ClH/c1-4-8-17(9-14(19)20)11(3)15(21)16-12-6-5-7-13(10(12)2)18(22)23;/h5-7,11H,4,8-9H2,1-3H3,(H,16,21)(H,19,20);1H. The van der Waals surface area contributed by atoms with E-state index in [1.165, 1.54) is 12.1 Å². The van der Waals surface area contributed by atoms with Gasteiger partial charge in [0.05, 0.1) is 28.8 Å². The molecule has 1 amide bonds. The van der Waals surface area contributed by atoms with Crippen LogP contribution in [0.5, 0.6) is 0 Å². The van der Waals surface area contributed by atoms with Crippen molar-refractivity contribution in [1.29, 1.82) is 0 Å². The van der Waals surface area contributed by atoms with E-state index in [2.05, 4.69) is 5.32 Å². The lowest BCUT2D eigenvalue weighted by Gasteiger charge is -2.26. The molecule has 9 heteroatoms. The fourth-order valence-electron chi connectivity index (χ4n) is 2.23. The minimum atomic E-state index is -1.01.